The van der Waals surface area contributed by atoms with Gasteiger partial charge in [0.05, 0.1) is 0 Å². The third-order valence-electron chi connectivity index (χ3n) is 4.88. The first-order chi connectivity index (χ1) is 11.1. The molecule has 23 heavy (non-hydrogen) atoms. The molecule has 1 saturated heterocycles. The van der Waals surface area contributed by atoms with Crippen LogP contribution in [0.1, 0.15) is 38.2 Å². The summed E-state index contributed by atoms with van der Waals surface area (Å²) in [7, 11) is 0. The van der Waals surface area contributed by atoms with E-state index in [-0.39, 0.29) is 17.4 Å². The van der Waals surface area contributed by atoms with E-state index >= 15 is 0 Å². The molecule has 1 aromatic carbocycles. The maximum Gasteiger partial charge on any atom is 0.269 e. The van der Waals surface area contributed by atoms with Crippen molar-refractivity contribution in [1.82, 2.24) is 10.2 Å². The number of nitrogens with zero attached hydrogens (tertiary/aromatic N) is 2. The average molecular weight is 315 g/mol. The minimum absolute atomic E-state index is 0.0976. The second kappa shape index (κ2) is 6.71. The Kier molecular flexibility index (Phi) is 4.66. The summed E-state index contributed by atoms with van der Waals surface area (Å²) in [6.07, 6.45) is 1.57. The van der Waals surface area contributed by atoms with Crippen LogP contribution in [-0.2, 0) is 9.63 Å². The lowest BCUT2D eigenvalue weighted by molar-refractivity contribution is -0.115. The molecular weight excluding hydrogens is 290 g/mol. The number of rotatable bonds is 5. The van der Waals surface area contributed by atoms with Crippen LogP contribution in [0.5, 0.6) is 0 Å². The molecule has 2 aliphatic heterocycles. The number of carbonyl (C=O) groups is 1. The molecule has 0 saturated carbocycles. The highest BCUT2D eigenvalue weighted by atomic mass is 16.7. The maximum absolute atomic E-state index is 12.3. The van der Waals surface area contributed by atoms with E-state index < -0.39 is 0 Å². The smallest absolute Gasteiger partial charge is 0.269 e. The standard InChI is InChI=1S/C18H25N3O2/c1-3-21-10-9-18(13-21)11-16(20-23-18)17(22)19-12-14(2)15-7-5-4-6-8-15/h4-8,14H,3,9-13H2,1-2H3,(H,19,22)/t14-,18+/m1/s1. The molecule has 5 heteroatoms. The van der Waals surface area contributed by atoms with Gasteiger partial charge in [0.2, 0.25) is 0 Å². The molecule has 1 N–H and O–H groups in total. The van der Waals surface area contributed by atoms with Gasteiger partial charge in [-0.3, -0.25) is 9.69 Å². The molecule has 0 bridgehead atoms. The number of hydrogen-bond donors (Lipinski definition) is 1. The highest BCUT2D eigenvalue weighted by Gasteiger charge is 2.46. The van der Waals surface area contributed by atoms with Crippen molar-refractivity contribution >= 4 is 11.6 Å². The molecule has 5 nitrogen and oxygen atoms in total. The Labute approximate surface area is 137 Å². The first-order valence-electron chi connectivity index (χ1n) is 8.42. The number of amides is 1. The summed E-state index contributed by atoms with van der Waals surface area (Å²) >= 11 is 0. The quantitative estimate of drug-likeness (QED) is 0.906. The van der Waals surface area contributed by atoms with Gasteiger partial charge in [-0.2, -0.15) is 0 Å². The molecule has 1 fully saturated rings. The van der Waals surface area contributed by atoms with Gasteiger partial charge in [-0.15, -0.1) is 0 Å². The zero-order valence-corrected chi connectivity index (χ0v) is 13.9. The predicted octanol–water partition coefficient (Wildman–Crippen LogP) is 2.15. The number of benzene rings is 1. The topological polar surface area (TPSA) is 53.9 Å². The Bertz CT molecular complexity index is 587. The van der Waals surface area contributed by atoms with Gasteiger partial charge in [0.15, 0.2) is 5.60 Å². The predicted molar refractivity (Wildman–Crippen MR) is 90.5 cm³/mol. The van der Waals surface area contributed by atoms with Crippen molar-refractivity contribution in [3.8, 4) is 0 Å². The van der Waals surface area contributed by atoms with Gasteiger partial charge in [0, 0.05) is 32.5 Å². The summed E-state index contributed by atoms with van der Waals surface area (Å²) in [6, 6.07) is 10.2. The largest absolute Gasteiger partial charge is 0.387 e. The van der Waals surface area contributed by atoms with Gasteiger partial charge < -0.3 is 10.2 Å². The summed E-state index contributed by atoms with van der Waals surface area (Å²) in [5.74, 6) is 0.179. The first-order valence-corrected chi connectivity index (χ1v) is 8.42. The van der Waals surface area contributed by atoms with Crippen molar-refractivity contribution in [3.63, 3.8) is 0 Å². The third-order valence-corrected chi connectivity index (χ3v) is 4.88. The van der Waals surface area contributed by atoms with Crippen molar-refractivity contribution in [2.45, 2.75) is 38.2 Å². The van der Waals surface area contributed by atoms with Gasteiger partial charge in [0.25, 0.3) is 5.91 Å². The zero-order chi connectivity index (χ0) is 16.3. The molecule has 0 radical (unpaired) electrons. The average Bonchev–Trinajstić information content (AvgIpc) is 3.20. The Morgan fingerprint density at radius 3 is 2.91 bits per heavy atom. The molecule has 0 aliphatic carbocycles. The molecule has 0 aromatic heterocycles. The Balaban J connectivity index is 1.50. The third kappa shape index (κ3) is 3.55. The van der Waals surface area contributed by atoms with Gasteiger partial charge >= 0.3 is 0 Å². The first kappa shape index (κ1) is 16.0. The Morgan fingerprint density at radius 2 is 2.22 bits per heavy atom. The normalized spacial score (nSPS) is 25.2. The molecule has 2 atom stereocenters. The van der Waals surface area contributed by atoms with Gasteiger partial charge in [-0.25, -0.2) is 0 Å². The van der Waals surface area contributed by atoms with Gasteiger partial charge in [0.1, 0.15) is 5.71 Å². The second-order valence-corrected chi connectivity index (χ2v) is 6.63. The number of nitrogens with one attached hydrogen (secondary N) is 1. The molecule has 0 unspecified atom stereocenters. The SMILES string of the molecule is CCN1CC[C@]2(CC(C(=O)NC[C@@H](C)c3ccccc3)=NO2)C1. The molecule has 124 valence electrons. The lowest BCUT2D eigenvalue weighted by Gasteiger charge is -2.20. The minimum Gasteiger partial charge on any atom is -0.387 e. The summed E-state index contributed by atoms with van der Waals surface area (Å²) in [6.45, 7) is 7.76. The van der Waals surface area contributed by atoms with Gasteiger partial charge in [-0.05, 0) is 18.0 Å². The molecule has 3 rings (SSSR count). The van der Waals surface area contributed by atoms with Crippen molar-refractivity contribution in [2.75, 3.05) is 26.2 Å². The van der Waals surface area contributed by atoms with Crippen LogP contribution < -0.4 is 5.32 Å². The monoisotopic (exact) mass is 315 g/mol. The van der Waals surface area contributed by atoms with Crippen LogP contribution in [0.3, 0.4) is 0 Å². The van der Waals surface area contributed by atoms with E-state index in [1.165, 1.54) is 5.56 Å². The number of likely N-dealkylation sites (tertiary alicyclic amines) is 1. The van der Waals surface area contributed by atoms with Crippen LogP contribution in [0.15, 0.2) is 35.5 Å². The van der Waals surface area contributed by atoms with Crippen LogP contribution >= 0.6 is 0 Å². The van der Waals surface area contributed by atoms with E-state index in [9.17, 15) is 4.79 Å². The van der Waals surface area contributed by atoms with Crippen molar-refractivity contribution in [2.24, 2.45) is 5.16 Å². The summed E-state index contributed by atoms with van der Waals surface area (Å²) in [5, 5.41) is 7.06. The van der Waals surface area contributed by atoms with Crippen LogP contribution in [0, 0.1) is 0 Å². The number of oxime groups is 1. The minimum atomic E-state index is -0.270. The highest BCUT2D eigenvalue weighted by molar-refractivity contribution is 6.39. The lowest BCUT2D eigenvalue weighted by atomic mass is 9.96. The fraction of sp³-hybridized carbons (Fsp3) is 0.556. The molecule has 1 amide bonds. The highest BCUT2D eigenvalue weighted by Crippen LogP contribution is 2.33. The van der Waals surface area contributed by atoms with Crippen molar-refractivity contribution < 1.29 is 9.63 Å². The fourth-order valence-corrected chi connectivity index (χ4v) is 3.31. The van der Waals surface area contributed by atoms with Crippen LogP contribution in [0.2, 0.25) is 0 Å². The number of hydrogen-bond acceptors (Lipinski definition) is 4. The molecular formula is C18H25N3O2. The second-order valence-electron chi connectivity index (χ2n) is 6.63. The van der Waals surface area contributed by atoms with Gasteiger partial charge in [-0.1, -0.05) is 49.3 Å². The maximum atomic E-state index is 12.3. The van der Waals surface area contributed by atoms with E-state index in [2.05, 4.69) is 41.4 Å². The number of likely N-dealkylation sites (N-methyl/N-ethyl adjacent to an activating group) is 1. The van der Waals surface area contributed by atoms with E-state index in [0.29, 0.717) is 18.7 Å². The summed E-state index contributed by atoms with van der Waals surface area (Å²) in [4.78, 5) is 20.3. The van der Waals surface area contributed by atoms with E-state index in [1.807, 2.05) is 18.2 Å². The van der Waals surface area contributed by atoms with E-state index in [1.54, 1.807) is 0 Å². The van der Waals surface area contributed by atoms with Crippen LogP contribution in [-0.4, -0.2) is 48.3 Å². The molecule has 2 heterocycles. The Morgan fingerprint density at radius 1 is 1.43 bits per heavy atom. The molecule has 2 aliphatic rings. The van der Waals surface area contributed by atoms with Crippen LogP contribution in [0.4, 0.5) is 0 Å². The van der Waals surface area contributed by atoms with Crippen molar-refractivity contribution in [1.29, 1.82) is 0 Å². The summed E-state index contributed by atoms with van der Waals surface area (Å²) in [5.41, 5.74) is 1.49. The van der Waals surface area contributed by atoms with Crippen molar-refractivity contribution in [3.05, 3.63) is 35.9 Å². The van der Waals surface area contributed by atoms with E-state index in [4.69, 9.17) is 4.84 Å². The summed E-state index contributed by atoms with van der Waals surface area (Å²) < 4.78 is 0. The zero-order valence-electron chi connectivity index (χ0n) is 13.9. The lowest BCUT2D eigenvalue weighted by Crippen LogP contribution is -2.37. The fourth-order valence-electron chi connectivity index (χ4n) is 3.31. The Hall–Kier alpha value is -1.88. The number of carbonyl (C=O) groups excluding carboxylic acids is 1. The van der Waals surface area contributed by atoms with Crippen LogP contribution in [0.25, 0.3) is 0 Å². The molecule has 1 spiro atoms. The van der Waals surface area contributed by atoms with E-state index in [0.717, 1.165) is 26.1 Å². The molecule has 1 aromatic rings.